The van der Waals surface area contributed by atoms with Gasteiger partial charge < -0.3 is 19.4 Å². The van der Waals surface area contributed by atoms with E-state index in [1.165, 1.54) is 5.56 Å². The van der Waals surface area contributed by atoms with Gasteiger partial charge >= 0.3 is 0 Å². The summed E-state index contributed by atoms with van der Waals surface area (Å²) in [5.41, 5.74) is 3.27. The van der Waals surface area contributed by atoms with Crippen molar-refractivity contribution < 1.29 is 14.3 Å². The van der Waals surface area contributed by atoms with Gasteiger partial charge in [-0.2, -0.15) is 0 Å². The van der Waals surface area contributed by atoms with Gasteiger partial charge in [0.05, 0.1) is 26.2 Å². The minimum atomic E-state index is -0.0419. The summed E-state index contributed by atoms with van der Waals surface area (Å²) in [6.45, 7) is 5.01. The monoisotopic (exact) mass is 392 g/mol. The van der Waals surface area contributed by atoms with Crippen LogP contribution in [-0.4, -0.2) is 24.2 Å². The van der Waals surface area contributed by atoms with Crippen molar-refractivity contribution in [2.75, 3.05) is 13.7 Å². The lowest BCUT2D eigenvalue weighted by molar-refractivity contribution is -0.121. The third-order valence-corrected chi connectivity index (χ3v) is 4.81. The zero-order valence-electron chi connectivity index (χ0n) is 17.2. The minimum absolute atomic E-state index is 0.00180. The van der Waals surface area contributed by atoms with Crippen LogP contribution in [-0.2, 0) is 11.3 Å². The number of rotatable bonds is 9. The Kier molecular flexibility index (Phi) is 6.95. The fraction of sp³-hybridized carbons (Fsp3) is 0.292. The maximum atomic E-state index is 12.7. The van der Waals surface area contributed by atoms with Crippen molar-refractivity contribution in [1.82, 2.24) is 9.88 Å². The summed E-state index contributed by atoms with van der Waals surface area (Å²) in [6.07, 6.45) is 4.36. The van der Waals surface area contributed by atoms with Gasteiger partial charge in [0.1, 0.15) is 0 Å². The van der Waals surface area contributed by atoms with E-state index < -0.39 is 0 Å². The second-order valence-electron chi connectivity index (χ2n) is 6.96. The number of carbonyl (C=O) groups is 1. The largest absolute Gasteiger partial charge is 0.493 e. The SMILES string of the molecule is CCOc1ccc(CNC(=O)C[C@H](c2cccc(C)c2)n2cccc2)cc1OC. The molecule has 1 amide bonds. The van der Waals surface area contributed by atoms with Crippen LogP contribution in [0.4, 0.5) is 0 Å². The number of aryl methyl sites for hydroxylation is 1. The number of nitrogens with one attached hydrogen (secondary N) is 1. The Hall–Kier alpha value is -3.21. The van der Waals surface area contributed by atoms with Crippen LogP contribution in [0, 0.1) is 6.92 Å². The Labute approximate surface area is 172 Å². The van der Waals surface area contributed by atoms with Gasteiger partial charge in [0.25, 0.3) is 0 Å². The van der Waals surface area contributed by atoms with E-state index in [4.69, 9.17) is 9.47 Å². The number of carbonyl (C=O) groups excluding carboxylic acids is 1. The van der Waals surface area contributed by atoms with E-state index in [-0.39, 0.29) is 11.9 Å². The lowest BCUT2D eigenvalue weighted by atomic mass is 10.0. The summed E-state index contributed by atoms with van der Waals surface area (Å²) in [7, 11) is 1.61. The van der Waals surface area contributed by atoms with Crippen molar-refractivity contribution >= 4 is 5.91 Å². The topological polar surface area (TPSA) is 52.5 Å². The van der Waals surface area contributed by atoms with E-state index in [9.17, 15) is 4.79 Å². The molecule has 5 heteroatoms. The highest BCUT2D eigenvalue weighted by molar-refractivity contribution is 5.77. The molecule has 0 radical (unpaired) electrons. The molecule has 0 saturated carbocycles. The second-order valence-corrected chi connectivity index (χ2v) is 6.96. The number of amides is 1. The van der Waals surface area contributed by atoms with Crippen LogP contribution in [0.5, 0.6) is 11.5 Å². The summed E-state index contributed by atoms with van der Waals surface area (Å²) in [5, 5.41) is 3.03. The summed E-state index contributed by atoms with van der Waals surface area (Å²) in [5.74, 6) is 1.37. The van der Waals surface area contributed by atoms with E-state index >= 15 is 0 Å². The van der Waals surface area contributed by atoms with Crippen molar-refractivity contribution in [2.24, 2.45) is 0 Å². The number of hydrogen-bond acceptors (Lipinski definition) is 3. The number of hydrogen-bond donors (Lipinski definition) is 1. The first-order valence-corrected chi connectivity index (χ1v) is 9.86. The average Bonchev–Trinajstić information content (AvgIpc) is 3.26. The van der Waals surface area contributed by atoms with Gasteiger partial charge in [0, 0.05) is 18.9 Å². The lowest BCUT2D eigenvalue weighted by Gasteiger charge is -2.20. The summed E-state index contributed by atoms with van der Waals surface area (Å²) in [6, 6.07) is 17.9. The first kappa shape index (κ1) is 20.5. The molecule has 0 unspecified atom stereocenters. The van der Waals surface area contributed by atoms with Crippen LogP contribution < -0.4 is 14.8 Å². The third-order valence-electron chi connectivity index (χ3n) is 4.81. The molecule has 0 aliphatic carbocycles. The highest BCUT2D eigenvalue weighted by Gasteiger charge is 2.17. The molecule has 2 aromatic carbocycles. The van der Waals surface area contributed by atoms with Crippen molar-refractivity contribution in [2.45, 2.75) is 32.9 Å². The Morgan fingerprint density at radius 3 is 2.55 bits per heavy atom. The maximum Gasteiger partial charge on any atom is 0.222 e. The Morgan fingerprint density at radius 2 is 1.86 bits per heavy atom. The average molecular weight is 392 g/mol. The Bertz CT molecular complexity index is 935. The van der Waals surface area contributed by atoms with E-state index in [2.05, 4.69) is 35.0 Å². The fourth-order valence-electron chi connectivity index (χ4n) is 3.37. The molecular formula is C24H28N2O3. The molecule has 29 heavy (non-hydrogen) atoms. The smallest absolute Gasteiger partial charge is 0.222 e. The predicted octanol–water partition coefficient (Wildman–Crippen LogP) is 4.50. The number of benzene rings is 2. The number of ether oxygens (including phenoxy) is 2. The molecule has 1 heterocycles. The zero-order valence-corrected chi connectivity index (χ0v) is 17.2. The van der Waals surface area contributed by atoms with Gasteiger partial charge in [-0.3, -0.25) is 4.79 Å². The molecule has 0 fully saturated rings. The predicted molar refractivity (Wildman–Crippen MR) is 114 cm³/mol. The molecule has 0 aliphatic heterocycles. The molecule has 1 N–H and O–H groups in total. The molecule has 3 aromatic rings. The van der Waals surface area contributed by atoms with E-state index in [0.717, 1.165) is 11.1 Å². The first-order chi connectivity index (χ1) is 14.1. The molecule has 1 aromatic heterocycles. The molecule has 5 nitrogen and oxygen atoms in total. The van der Waals surface area contributed by atoms with Gasteiger partial charge in [-0.25, -0.2) is 0 Å². The van der Waals surface area contributed by atoms with Gasteiger partial charge in [-0.1, -0.05) is 35.9 Å². The van der Waals surface area contributed by atoms with Crippen LogP contribution >= 0.6 is 0 Å². The lowest BCUT2D eigenvalue weighted by Crippen LogP contribution is -2.26. The summed E-state index contributed by atoms with van der Waals surface area (Å²) >= 11 is 0. The van der Waals surface area contributed by atoms with Gasteiger partial charge in [-0.05, 0) is 49.2 Å². The van der Waals surface area contributed by atoms with Gasteiger partial charge in [0.2, 0.25) is 5.91 Å². The summed E-state index contributed by atoms with van der Waals surface area (Å²) in [4.78, 5) is 12.7. The standard InChI is InChI=1S/C24H28N2O3/c1-4-29-22-11-10-19(15-23(22)28-3)17-25-24(27)16-21(26-12-5-6-13-26)20-9-7-8-18(2)14-20/h5-15,21H,4,16-17H2,1-3H3,(H,25,27)/t21-/m1/s1. The normalized spacial score (nSPS) is 11.7. The molecule has 0 aliphatic rings. The van der Waals surface area contributed by atoms with Crippen molar-refractivity contribution in [3.63, 3.8) is 0 Å². The second kappa shape index (κ2) is 9.82. The highest BCUT2D eigenvalue weighted by Crippen LogP contribution is 2.28. The van der Waals surface area contributed by atoms with Crippen molar-refractivity contribution in [3.8, 4) is 11.5 Å². The molecule has 0 bridgehead atoms. The van der Waals surface area contributed by atoms with Gasteiger partial charge in [0.15, 0.2) is 11.5 Å². The summed E-state index contributed by atoms with van der Waals surface area (Å²) < 4.78 is 13.0. The third kappa shape index (κ3) is 5.41. The van der Waals surface area contributed by atoms with Crippen LogP contribution in [0.1, 0.15) is 36.1 Å². The highest BCUT2D eigenvalue weighted by atomic mass is 16.5. The van der Waals surface area contributed by atoms with E-state index in [1.54, 1.807) is 7.11 Å². The van der Waals surface area contributed by atoms with Crippen LogP contribution in [0.25, 0.3) is 0 Å². The Balaban J connectivity index is 1.68. The number of aromatic nitrogens is 1. The number of methoxy groups -OCH3 is 1. The quantitative estimate of drug-likeness (QED) is 0.583. The minimum Gasteiger partial charge on any atom is -0.493 e. The Morgan fingerprint density at radius 1 is 1.07 bits per heavy atom. The molecular weight excluding hydrogens is 364 g/mol. The van der Waals surface area contributed by atoms with Crippen LogP contribution in [0.15, 0.2) is 67.0 Å². The molecule has 152 valence electrons. The maximum absolute atomic E-state index is 12.7. The molecule has 0 spiro atoms. The molecule has 3 rings (SSSR count). The van der Waals surface area contributed by atoms with Crippen LogP contribution in [0.3, 0.4) is 0 Å². The van der Waals surface area contributed by atoms with E-state index in [1.807, 2.05) is 55.7 Å². The first-order valence-electron chi connectivity index (χ1n) is 9.86. The van der Waals surface area contributed by atoms with Crippen LogP contribution in [0.2, 0.25) is 0 Å². The van der Waals surface area contributed by atoms with Crippen molar-refractivity contribution in [1.29, 1.82) is 0 Å². The van der Waals surface area contributed by atoms with Crippen molar-refractivity contribution in [3.05, 3.63) is 83.7 Å². The fourth-order valence-corrected chi connectivity index (χ4v) is 3.37. The zero-order chi connectivity index (χ0) is 20.6. The van der Waals surface area contributed by atoms with Gasteiger partial charge in [-0.15, -0.1) is 0 Å². The molecule has 0 saturated heterocycles. The number of nitrogens with zero attached hydrogens (tertiary/aromatic N) is 1. The van der Waals surface area contributed by atoms with E-state index in [0.29, 0.717) is 31.1 Å². The molecule has 1 atom stereocenters.